The molecule has 2 aromatic carbocycles. The van der Waals surface area contributed by atoms with Crippen LogP contribution in [-0.2, 0) is 11.3 Å². The normalized spacial score (nSPS) is 12.0. The number of aliphatic hydroxyl groups is 1. The van der Waals surface area contributed by atoms with Crippen LogP contribution in [0.15, 0.2) is 71.7 Å². The molecule has 0 aliphatic rings. The van der Waals surface area contributed by atoms with Crippen molar-refractivity contribution in [2.45, 2.75) is 19.1 Å². The second-order valence-corrected chi connectivity index (χ2v) is 5.89. The van der Waals surface area contributed by atoms with E-state index in [1.54, 1.807) is 22.9 Å². The van der Waals surface area contributed by atoms with Gasteiger partial charge >= 0.3 is 0 Å². The number of hydrogen-bond acceptors (Lipinski definition) is 3. The molecule has 5 nitrogen and oxygen atoms in total. The molecule has 0 radical (unpaired) electrons. The molecular formula is C20H20N2O3. The van der Waals surface area contributed by atoms with Gasteiger partial charge in [0.15, 0.2) is 5.43 Å². The summed E-state index contributed by atoms with van der Waals surface area (Å²) in [5.41, 5.74) is 1.51. The topological polar surface area (TPSA) is 71.3 Å². The molecule has 0 aliphatic heterocycles. The second kappa shape index (κ2) is 7.77. The van der Waals surface area contributed by atoms with Gasteiger partial charge in [-0.05, 0) is 24.1 Å². The fraction of sp³-hybridized carbons (Fsp3) is 0.200. The Bertz CT molecular complexity index is 919. The zero-order chi connectivity index (χ0) is 17.6. The lowest BCUT2D eigenvalue weighted by Gasteiger charge is -2.13. The lowest BCUT2D eigenvalue weighted by molar-refractivity contribution is -0.121. The number of amides is 1. The lowest BCUT2D eigenvalue weighted by Crippen LogP contribution is -2.29. The van der Waals surface area contributed by atoms with E-state index in [0.717, 1.165) is 11.1 Å². The van der Waals surface area contributed by atoms with Gasteiger partial charge in [-0.15, -0.1) is 0 Å². The van der Waals surface area contributed by atoms with Crippen molar-refractivity contribution in [1.82, 2.24) is 9.88 Å². The van der Waals surface area contributed by atoms with Gasteiger partial charge in [0.2, 0.25) is 5.91 Å². The van der Waals surface area contributed by atoms with Gasteiger partial charge < -0.3 is 15.0 Å². The first-order valence-electron chi connectivity index (χ1n) is 8.23. The molecule has 5 heteroatoms. The minimum Gasteiger partial charge on any atom is -0.388 e. The van der Waals surface area contributed by atoms with Crippen LogP contribution in [0.3, 0.4) is 0 Å². The zero-order valence-electron chi connectivity index (χ0n) is 13.8. The van der Waals surface area contributed by atoms with Gasteiger partial charge in [0.25, 0.3) is 0 Å². The molecule has 1 aromatic heterocycles. The molecule has 3 rings (SSSR count). The average molecular weight is 336 g/mol. The number of rotatable bonds is 6. The van der Waals surface area contributed by atoms with Crippen LogP contribution in [0.25, 0.3) is 10.9 Å². The van der Waals surface area contributed by atoms with Crippen LogP contribution < -0.4 is 10.7 Å². The highest BCUT2D eigenvalue weighted by molar-refractivity contribution is 5.82. The van der Waals surface area contributed by atoms with Crippen LogP contribution in [0.4, 0.5) is 0 Å². The van der Waals surface area contributed by atoms with Gasteiger partial charge in [0.05, 0.1) is 11.6 Å². The van der Waals surface area contributed by atoms with E-state index in [1.807, 2.05) is 42.5 Å². The van der Waals surface area contributed by atoms with Crippen LogP contribution in [0, 0.1) is 0 Å². The first-order valence-corrected chi connectivity index (χ1v) is 8.23. The molecule has 25 heavy (non-hydrogen) atoms. The number of fused-ring (bicyclic) bond motifs is 1. The lowest BCUT2D eigenvalue weighted by atomic mass is 10.1. The van der Waals surface area contributed by atoms with E-state index in [2.05, 4.69) is 5.32 Å². The van der Waals surface area contributed by atoms with Crippen molar-refractivity contribution in [1.29, 1.82) is 0 Å². The van der Waals surface area contributed by atoms with Gasteiger partial charge in [0.1, 0.15) is 6.54 Å². The third-order valence-corrected chi connectivity index (χ3v) is 4.12. The van der Waals surface area contributed by atoms with Crippen molar-refractivity contribution in [3.05, 3.63) is 82.6 Å². The molecule has 0 saturated heterocycles. The largest absolute Gasteiger partial charge is 0.388 e. The monoisotopic (exact) mass is 336 g/mol. The maximum Gasteiger partial charge on any atom is 0.239 e. The van der Waals surface area contributed by atoms with Crippen molar-refractivity contribution in [2.24, 2.45) is 0 Å². The maximum absolute atomic E-state index is 12.2. The Morgan fingerprint density at radius 1 is 1.04 bits per heavy atom. The Labute approximate surface area is 145 Å². The van der Waals surface area contributed by atoms with Gasteiger partial charge in [-0.25, -0.2) is 0 Å². The number of aromatic nitrogens is 1. The van der Waals surface area contributed by atoms with Gasteiger partial charge in [-0.1, -0.05) is 42.5 Å². The van der Waals surface area contributed by atoms with E-state index in [0.29, 0.717) is 18.4 Å². The van der Waals surface area contributed by atoms with Crippen LogP contribution >= 0.6 is 0 Å². The van der Waals surface area contributed by atoms with Crippen LogP contribution in [-0.4, -0.2) is 22.1 Å². The van der Waals surface area contributed by atoms with Gasteiger partial charge in [-0.2, -0.15) is 0 Å². The Kier molecular flexibility index (Phi) is 5.26. The van der Waals surface area contributed by atoms with Crippen LogP contribution in [0.1, 0.15) is 18.1 Å². The minimum atomic E-state index is -0.602. The Morgan fingerprint density at radius 3 is 2.56 bits per heavy atom. The van der Waals surface area contributed by atoms with E-state index in [4.69, 9.17) is 0 Å². The number of carbonyl (C=O) groups is 1. The molecule has 1 amide bonds. The fourth-order valence-electron chi connectivity index (χ4n) is 2.80. The van der Waals surface area contributed by atoms with Crippen molar-refractivity contribution in [3.8, 4) is 0 Å². The van der Waals surface area contributed by atoms with Crippen molar-refractivity contribution < 1.29 is 9.90 Å². The highest BCUT2D eigenvalue weighted by Gasteiger charge is 2.09. The summed E-state index contributed by atoms with van der Waals surface area (Å²) in [6.45, 7) is 0.509. The third kappa shape index (κ3) is 4.14. The van der Waals surface area contributed by atoms with E-state index >= 15 is 0 Å². The van der Waals surface area contributed by atoms with Gasteiger partial charge in [0, 0.05) is 24.2 Å². The summed E-state index contributed by atoms with van der Waals surface area (Å²) in [4.78, 5) is 24.0. The Morgan fingerprint density at radius 2 is 1.76 bits per heavy atom. The Hall–Kier alpha value is -2.92. The summed E-state index contributed by atoms with van der Waals surface area (Å²) >= 11 is 0. The number of hydrogen-bond donors (Lipinski definition) is 2. The third-order valence-electron chi connectivity index (χ3n) is 4.12. The maximum atomic E-state index is 12.2. The zero-order valence-corrected chi connectivity index (χ0v) is 13.8. The highest BCUT2D eigenvalue weighted by atomic mass is 16.3. The molecule has 3 aromatic rings. The number of carbonyl (C=O) groups excluding carboxylic acids is 1. The summed E-state index contributed by atoms with van der Waals surface area (Å²) in [6, 6.07) is 18.0. The molecule has 0 spiro atoms. The Balaban J connectivity index is 1.58. The highest BCUT2D eigenvalue weighted by Crippen LogP contribution is 2.15. The fourth-order valence-corrected chi connectivity index (χ4v) is 2.80. The first kappa shape index (κ1) is 16.9. The molecule has 0 bridgehead atoms. The molecule has 1 heterocycles. The number of nitrogens with one attached hydrogen (secondary N) is 1. The van der Waals surface area contributed by atoms with Crippen molar-refractivity contribution in [3.63, 3.8) is 0 Å². The molecule has 0 saturated carbocycles. The minimum absolute atomic E-state index is 0.0572. The van der Waals surface area contributed by atoms with E-state index in [1.165, 1.54) is 6.07 Å². The number of aliphatic hydroxyl groups excluding tert-OH is 1. The summed E-state index contributed by atoms with van der Waals surface area (Å²) in [5, 5.41) is 13.5. The second-order valence-electron chi connectivity index (χ2n) is 5.89. The molecule has 1 atom stereocenters. The average Bonchev–Trinajstić information content (AvgIpc) is 2.65. The van der Waals surface area contributed by atoms with E-state index in [-0.39, 0.29) is 17.9 Å². The first-order chi connectivity index (χ1) is 12.1. The molecule has 0 aliphatic carbocycles. The number of nitrogens with zero attached hydrogens (tertiary/aromatic N) is 1. The van der Waals surface area contributed by atoms with E-state index in [9.17, 15) is 14.7 Å². The standard InChI is InChI=1S/C20H20N2O3/c23-18(15-6-2-1-3-7-15)10-12-21-20(25)14-22-13-11-19(24)16-8-4-5-9-17(16)22/h1-9,11,13,18,23H,10,12,14H2,(H,21,25). The summed E-state index contributed by atoms with van der Waals surface area (Å²) < 4.78 is 1.75. The smallest absolute Gasteiger partial charge is 0.239 e. The van der Waals surface area contributed by atoms with Crippen molar-refractivity contribution >= 4 is 16.8 Å². The molecule has 1 unspecified atom stereocenters. The summed E-state index contributed by atoms with van der Waals surface area (Å²) in [7, 11) is 0. The van der Waals surface area contributed by atoms with E-state index < -0.39 is 6.10 Å². The van der Waals surface area contributed by atoms with Gasteiger partial charge in [-0.3, -0.25) is 9.59 Å². The quantitative estimate of drug-likeness (QED) is 0.725. The molecule has 2 N–H and O–H groups in total. The number of pyridine rings is 1. The molecule has 128 valence electrons. The molecule has 0 fully saturated rings. The number of benzene rings is 2. The predicted octanol–water partition coefficient (Wildman–Crippen LogP) is 2.24. The molecular weight excluding hydrogens is 316 g/mol. The SMILES string of the molecule is O=C(Cn1ccc(=O)c2ccccc21)NCCC(O)c1ccccc1. The predicted molar refractivity (Wildman–Crippen MR) is 97.2 cm³/mol. The summed E-state index contributed by atoms with van der Waals surface area (Å²) in [5.74, 6) is -0.158. The summed E-state index contributed by atoms with van der Waals surface area (Å²) in [6.07, 6.45) is 1.47. The van der Waals surface area contributed by atoms with Crippen LogP contribution in [0.2, 0.25) is 0 Å². The number of para-hydroxylation sites is 1. The van der Waals surface area contributed by atoms with Crippen molar-refractivity contribution in [2.75, 3.05) is 6.54 Å². The van der Waals surface area contributed by atoms with Crippen LogP contribution in [0.5, 0.6) is 0 Å².